The van der Waals surface area contributed by atoms with Crippen LogP contribution in [0.4, 0.5) is 4.79 Å². The molecule has 0 aliphatic carbocycles. The maximum atomic E-state index is 13.5. The van der Waals surface area contributed by atoms with Crippen LogP contribution < -0.4 is 0 Å². The summed E-state index contributed by atoms with van der Waals surface area (Å²) < 4.78 is 10.2. The number of rotatable bonds is 4. The lowest BCUT2D eigenvalue weighted by Crippen LogP contribution is -2.52. The Morgan fingerprint density at radius 1 is 1.15 bits per heavy atom. The van der Waals surface area contributed by atoms with Gasteiger partial charge < -0.3 is 19.3 Å². The zero-order chi connectivity index (χ0) is 19.4. The Hall–Kier alpha value is -2.08. The number of methoxy groups -OCH3 is 1. The number of ether oxygens (including phenoxy) is 2. The Bertz CT molecular complexity index is 681. The smallest absolute Gasteiger partial charge is 0.409 e. The Labute approximate surface area is 161 Å². The van der Waals surface area contributed by atoms with E-state index in [-0.39, 0.29) is 24.6 Å². The predicted molar refractivity (Wildman–Crippen MR) is 102 cm³/mol. The maximum absolute atomic E-state index is 13.5. The molecule has 2 aliphatic heterocycles. The van der Waals surface area contributed by atoms with Gasteiger partial charge in [0, 0.05) is 32.8 Å². The highest BCUT2D eigenvalue weighted by Gasteiger charge is 2.46. The van der Waals surface area contributed by atoms with Crippen LogP contribution in [0.25, 0.3) is 0 Å². The number of carbonyl (C=O) groups excluding carboxylic acids is 2. The molecule has 0 atom stereocenters. The fourth-order valence-corrected chi connectivity index (χ4v) is 4.11. The highest BCUT2D eigenvalue weighted by Crippen LogP contribution is 2.41. The molecule has 0 N–H and O–H groups in total. The summed E-state index contributed by atoms with van der Waals surface area (Å²) in [5.74, 6) is 0.223. The molecule has 1 saturated heterocycles. The Kier molecular flexibility index (Phi) is 6.05. The first-order chi connectivity index (χ1) is 13.0. The van der Waals surface area contributed by atoms with Crippen LogP contribution in [-0.4, -0.2) is 61.3 Å². The van der Waals surface area contributed by atoms with Crippen LogP contribution in [0, 0.1) is 5.41 Å². The summed E-state index contributed by atoms with van der Waals surface area (Å²) in [6.07, 6.45) is 1.77. The zero-order valence-electron chi connectivity index (χ0n) is 16.6. The fourth-order valence-electron chi connectivity index (χ4n) is 4.11. The molecule has 0 radical (unpaired) electrons. The minimum atomic E-state index is -0.430. The SMILES string of the molecule is COCCOC(=O)N1CCC2(CC1)Cc1ccccc1CN(C(C)C)C2=O. The van der Waals surface area contributed by atoms with Crippen LogP contribution in [0.3, 0.4) is 0 Å². The Morgan fingerprint density at radius 3 is 2.44 bits per heavy atom. The van der Waals surface area contributed by atoms with Crippen LogP contribution in [0.15, 0.2) is 24.3 Å². The third-order valence-electron chi connectivity index (χ3n) is 5.82. The number of piperidine rings is 1. The number of nitrogens with zero attached hydrogens (tertiary/aromatic N) is 2. The van der Waals surface area contributed by atoms with Gasteiger partial charge in [-0.05, 0) is 44.2 Å². The summed E-state index contributed by atoms with van der Waals surface area (Å²) in [4.78, 5) is 29.4. The van der Waals surface area contributed by atoms with Gasteiger partial charge in [-0.15, -0.1) is 0 Å². The monoisotopic (exact) mass is 374 g/mol. The number of benzene rings is 1. The van der Waals surface area contributed by atoms with E-state index in [4.69, 9.17) is 9.47 Å². The van der Waals surface area contributed by atoms with Crippen LogP contribution in [0.5, 0.6) is 0 Å². The van der Waals surface area contributed by atoms with Crippen molar-refractivity contribution in [1.29, 1.82) is 0 Å². The molecule has 0 bridgehead atoms. The van der Waals surface area contributed by atoms with Gasteiger partial charge in [-0.2, -0.15) is 0 Å². The topological polar surface area (TPSA) is 59.1 Å². The molecular formula is C21H30N2O4. The van der Waals surface area contributed by atoms with Crippen molar-refractivity contribution in [3.63, 3.8) is 0 Å². The van der Waals surface area contributed by atoms with E-state index in [9.17, 15) is 9.59 Å². The van der Waals surface area contributed by atoms with Gasteiger partial charge in [-0.3, -0.25) is 4.79 Å². The second-order valence-corrected chi connectivity index (χ2v) is 7.85. The molecule has 0 unspecified atom stereocenters. The van der Waals surface area contributed by atoms with Crippen molar-refractivity contribution in [3.05, 3.63) is 35.4 Å². The van der Waals surface area contributed by atoms with Crippen LogP contribution in [0.2, 0.25) is 0 Å². The van der Waals surface area contributed by atoms with Crippen molar-refractivity contribution in [2.75, 3.05) is 33.4 Å². The molecule has 2 aliphatic rings. The number of likely N-dealkylation sites (tertiary alicyclic amines) is 1. The van der Waals surface area contributed by atoms with Gasteiger partial charge in [-0.25, -0.2) is 4.79 Å². The molecule has 0 saturated carbocycles. The number of carbonyl (C=O) groups is 2. The molecule has 27 heavy (non-hydrogen) atoms. The van der Waals surface area contributed by atoms with Crippen molar-refractivity contribution in [2.45, 2.75) is 45.7 Å². The highest BCUT2D eigenvalue weighted by molar-refractivity contribution is 5.84. The predicted octanol–water partition coefficient (Wildman–Crippen LogP) is 2.84. The normalized spacial score (nSPS) is 19.2. The van der Waals surface area contributed by atoms with E-state index in [1.807, 2.05) is 17.0 Å². The number of fused-ring (bicyclic) bond motifs is 1. The van der Waals surface area contributed by atoms with Crippen LogP contribution in [0.1, 0.15) is 37.8 Å². The van der Waals surface area contributed by atoms with E-state index in [1.54, 1.807) is 12.0 Å². The first-order valence-corrected chi connectivity index (χ1v) is 9.75. The van der Waals surface area contributed by atoms with E-state index in [0.29, 0.717) is 39.1 Å². The van der Waals surface area contributed by atoms with E-state index in [2.05, 4.69) is 26.0 Å². The zero-order valence-corrected chi connectivity index (χ0v) is 16.6. The van der Waals surface area contributed by atoms with Crippen molar-refractivity contribution < 1.29 is 19.1 Å². The number of amides is 2. The van der Waals surface area contributed by atoms with Crippen molar-refractivity contribution >= 4 is 12.0 Å². The lowest BCUT2D eigenvalue weighted by atomic mass is 9.73. The quantitative estimate of drug-likeness (QED) is 0.761. The molecule has 3 rings (SSSR count). The van der Waals surface area contributed by atoms with Crippen molar-refractivity contribution in [1.82, 2.24) is 9.80 Å². The molecule has 1 aromatic rings. The standard InChI is InChI=1S/C21H30N2O4/c1-16(2)23-15-18-7-5-4-6-17(18)14-21(19(23)24)8-10-22(11-9-21)20(25)27-13-12-26-3/h4-7,16H,8-15H2,1-3H3. The molecule has 6 nitrogen and oxygen atoms in total. The van der Waals surface area contributed by atoms with E-state index in [0.717, 1.165) is 6.42 Å². The van der Waals surface area contributed by atoms with Crippen molar-refractivity contribution in [2.24, 2.45) is 5.41 Å². The number of hydrogen-bond donors (Lipinski definition) is 0. The minimum absolute atomic E-state index is 0.151. The Morgan fingerprint density at radius 2 is 1.81 bits per heavy atom. The van der Waals surface area contributed by atoms with Crippen LogP contribution >= 0.6 is 0 Å². The maximum Gasteiger partial charge on any atom is 0.409 e. The van der Waals surface area contributed by atoms with Crippen molar-refractivity contribution in [3.8, 4) is 0 Å². The van der Waals surface area contributed by atoms with Gasteiger partial charge in [-0.1, -0.05) is 24.3 Å². The minimum Gasteiger partial charge on any atom is -0.447 e. The van der Waals surface area contributed by atoms with Gasteiger partial charge in [0.15, 0.2) is 0 Å². The van der Waals surface area contributed by atoms with E-state index in [1.165, 1.54) is 11.1 Å². The summed E-state index contributed by atoms with van der Waals surface area (Å²) in [7, 11) is 1.58. The fraction of sp³-hybridized carbons (Fsp3) is 0.619. The van der Waals surface area contributed by atoms with E-state index < -0.39 is 5.41 Å². The first kappa shape index (κ1) is 19.7. The molecule has 1 aromatic carbocycles. The third-order valence-corrected chi connectivity index (χ3v) is 5.82. The molecular weight excluding hydrogens is 344 g/mol. The lowest BCUT2D eigenvalue weighted by Gasteiger charge is -2.42. The molecule has 1 spiro atoms. The van der Waals surface area contributed by atoms with Gasteiger partial charge in [0.05, 0.1) is 12.0 Å². The van der Waals surface area contributed by atoms with Gasteiger partial charge >= 0.3 is 6.09 Å². The van der Waals surface area contributed by atoms with E-state index >= 15 is 0 Å². The second-order valence-electron chi connectivity index (χ2n) is 7.85. The molecule has 2 heterocycles. The average molecular weight is 374 g/mol. The molecule has 1 fully saturated rings. The largest absolute Gasteiger partial charge is 0.447 e. The molecule has 6 heteroatoms. The lowest BCUT2D eigenvalue weighted by molar-refractivity contribution is -0.147. The summed E-state index contributed by atoms with van der Waals surface area (Å²) in [5.41, 5.74) is 2.06. The summed E-state index contributed by atoms with van der Waals surface area (Å²) in [5, 5.41) is 0. The second kappa shape index (κ2) is 8.30. The summed E-state index contributed by atoms with van der Waals surface area (Å²) in [6, 6.07) is 8.50. The van der Waals surface area contributed by atoms with Gasteiger partial charge in [0.25, 0.3) is 0 Å². The summed E-state index contributed by atoms with van der Waals surface area (Å²) in [6.45, 7) is 6.55. The first-order valence-electron chi connectivity index (χ1n) is 9.75. The van der Waals surface area contributed by atoms with Gasteiger partial charge in [0.1, 0.15) is 6.61 Å². The number of hydrogen-bond acceptors (Lipinski definition) is 4. The van der Waals surface area contributed by atoms with Gasteiger partial charge in [0.2, 0.25) is 5.91 Å². The molecule has 2 amide bonds. The van der Waals surface area contributed by atoms with Crippen LogP contribution in [-0.2, 0) is 27.2 Å². The molecule has 148 valence electrons. The summed E-state index contributed by atoms with van der Waals surface area (Å²) >= 11 is 0. The molecule has 0 aromatic heterocycles. The Balaban J connectivity index is 1.76. The third kappa shape index (κ3) is 4.10. The highest BCUT2D eigenvalue weighted by atomic mass is 16.6. The average Bonchev–Trinajstić information content (AvgIpc) is 2.78.